The first-order chi connectivity index (χ1) is 10.1. The Morgan fingerprint density at radius 2 is 2.19 bits per heavy atom. The van der Waals surface area contributed by atoms with E-state index in [-0.39, 0.29) is 18.6 Å². The molecule has 0 aliphatic heterocycles. The monoisotopic (exact) mass is 312 g/mol. The highest BCUT2D eigenvalue weighted by Crippen LogP contribution is 2.27. The van der Waals surface area contributed by atoms with Gasteiger partial charge in [0.25, 0.3) is 5.91 Å². The number of amides is 1. The molecule has 0 radical (unpaired) electrons. The summed E-state index contributed by atoms with van der Waals surface area (Å²) in [5.41, 5.74) is 6.86. The van der Waals surface area contributed by atoms with Crippen molar-refractivity contribution in [2.75, 3.05) is 13.2 Å². The maximum Gasteiger partial charge on any atom is 0.257 e. The van der Waals surface area contributed by atoms with Crippen molar-refractivity contribution in [3.05, 3.63) is 28.8 Å². The van der Waals surface area contributed by atoms with E-state index in [9.17, 15) is 4.79 Å². The van der Waals surface area contributed by atoms with E-state index in [4.69, 9.17) is 22.1 Å². The first-order valence-electron chi connectivity index (χ1n) is 7.50. The number of halogens is 1. The number of hydrogen-bond donors (Lipinski definition) is 2. The van der Waals surface area contributed by atoms with Gasteiger partial charge in [-0.3, -0.25) is 4.79 Å². The van der Waals surface area contributed by atoms with Gasteiger partial charge in [0, 0.05) is 23.2 Å². The van der Waals surface area contributed by atoms with Gasteiger partial charge < -0.3 is 15.8 Å². The fraction of sp³-hybridized carbons (Fsp3) is 0.562. The first-order valence-corrected chi connectivity index (χ1v) is 7.88. The molecule has 0 fully saturated rings. The maximum atomic E-state index is 11.7. The Morgan fingerprint density at radius 1 is 1.43 bits per heavy atom. The number of benzene rings is 1. The molecule has 0 aromatic heterocycles. The number of carbonyl (C=O) groups is 1. The summed E-state index contributed by atoms with van der Waals surface area (Å²) in [5, 5.41) is 3.45. The minimum atomic E-state index is -0.117. The molecule has 0 saturated carbocycles. The lowest BCUT2D eigenvalue weighted by molar-refractivity contribution is -0.123. The lowest BCUT2D eigenvalue weighted by Crippen LogP contribution is -2.30. The molecule has 1 unspecified atom stereocenters. The van der Waals surface area contributed by atoms with Gasteiger partial charge in [0.05, 0.1) is 0 Å². The second-order valence-electron chi connectivity index (χ2n) is 5.08. The van der Waals surface area contributed by atoms with E-state index >= 15 is 0 Å². The molecule has 1 aromatic carbocycles. The third kappa shape index (κ3) is 6.36. The first kappa shape index (κ1) is 17.8. The molecule has 1 aromatic rings. The van der Waals surface area contributed by atoms with Crippen LogP contribution < -0.4 is 15.8 Å². The molecule has 1 rings (SSSR count). The molecule has 4 nitrogen and oxygen atoms in total. The Hall–Kier alpha value is -1.26. The molecule has 5 heteroatoms. The number of rotatable bonds is 9. The average Bonchev–Trinajstić information content (AvgIpc) is 2.48. The topological polar surface area (TPSA) is 64.3 Å². The van der Waals surface area contributed by atoms with Crippen LogP contribution in [0, 0.1) is 0 Å². The Kier molecular flexibility index (Phi) is 8.16. The molecular formula is C16H25ClN2O2. The normalized spacial score (nSPS) is 12.0. The number of nitrogens with two attached hydrogens (primary N) is 1. The largest absolute Gasteiger partial charge is 0.483 e. The van der Waals surface area contributed by atoms with Crippen LogP contribution in [0.2, 0.25) is 5.02 Å². The molecule has 0 saturated heterocycles. The molecule has 1 atom stereocenters. The van der Waals surface area contributed by atoms with Crippen LogP contribution in [-0.2, 0) is 11.2 Å². The minimum Gasteiger partial charge on any atom is -0.483 e. The number of ether oxygens (including phenoxy) is 1. The molecule has 21 heavy (non-hydrogen) atoms. The van der Waals surface area contributed by atoms with Crippen molar-refractivity contribution in [2.45, 2.75) is 45.6 Å². The minimum absolute atomic E-state index is 0.00157. The zero-order valence-electron chi connectivity index (χ0n) is 12.8. The van der Waals surface area contributed by atoms with Crippen LogP contribution in [-0.4, -0.2) is 25.1 Å². The number of nitrogens with one attached hydrogen (secondary N) is 1. The zero-order valence-corrected chi connectivity index (χ0v) is 13.6. The summed E-state index contributed by atoms with van der Waals surface area (Å²) in [6, 6.07) is 5.48. The van der Waals surface area contributed by atoms with E-state index in [2.05, 4.69) is 12.2 Å². The van der Waals surface area contributed by atoms with Crippen LogP contribution in [0.25, 0.3) is 0 Å². The van der Waals surface area contributed by atoms with Crippen molar-refractivity contribution in [1.82, 2.24) is 5.32 Å². The highest BCUT2D eigenvalue weighted by molar-refractivity contribution is 6.31. The van der Waals surface area contributed by atoms with Crippen molar-refractivity contribution >= 4 is 17.5 Å². The van der Waals surface area contributed by atoms with E-state index in [1.807, 2.05) is 25.1 Å². The van der Waals surface area contributed by atoms with Crippen LogP contribution >= 0.6 is 11.6 Å². The summed E-state index contributed by atoms with van der Waals surface area (Å²) >= 11 is 6.21. The highest BCUT2D eigenvalue weighted by atomic mass is 35.5. The smallest absolute Gasteiger partial charge is 0.257 e. The maximum absolute atomic E-state index is 11.7. The van der Waals surface area contributed by atoms with Gasteiger partial charge in [-0.1, -0.05) is 37.9 Å². The Bertz CT molecular complexity index is 452. The molecule has 3 N–H and O–H groups in total. The number of hydrogen-bond acceptors (Lipinski definition) is 3. The number of carbonyl (C=O) groups excluding carboxylic acids is 1. The van der Waals surface area contributed by atoms with Crippen LogP contribution in [0.3, 0.4) is 0 Å². The molecule has 0 aliphatic rings. The van der Waals surface area contributed by atoms with Crippen molar-refractivity contribution in [3.63, 3.8) is 0 Å². The van der Waals surface area contributed by atoms with E-state index < -0.39 is 0 Å². The summed E-state index contributed by atoms with van der Waals surface area (Å²) in [4.78, 5) is 11.7. The fourth-order valence-electron chi connectivity index (χ4n) is 1.88. The van der Waals surface area contributed by atoms with Crippen molar-refractivity contribution in [1.29, 1.82) is 0 Å². The molecule has 0 aliphatic carbocycles. The summed E-state index contributed by atoms with van der Waals surface area (Å²) in [5.74, 6) is 0.520. The van der Waals surface area contributed by atoms with Gasteiger partial charge in [0.15, 0.2) is 6.61 Å². The predicted molar refractivity (Wildman–Crippen MR) is 86.8 cm³/mol. The van der Waals surface area contributed by atoms with E-state index in [0.29, 0.717) is 23.7 Å². The van der Waals surface area contributed by atoms with E-state index in [0.717, 1.165) is 24.8 Å². The van der Waals surface area contributed by atoms with Crippen molar-refractivity contribution < 1.29 is 9.53 Å². The van der Waals surface area contributed by atoms with Crippen LogP contribution in [0.1, 0.15) is 38.7 Å². The molecule has 1 amide bonds. The highest BCUT2D eigenvalue weighted by Gasteiger charge is 2.13. The second kappa shape index (κ2) is 9.64. The predicted octanol–water partition coefficient (Wildman–Crippen LogP) is 2.91. The Labute approximate surface area is 132 Å². The summed E-state index contributed by atoms with van der Waals surface area (Å²) < 4.78 is 5.60. The molecule has 0 heterocycles. The fourth-order valence-corrected chi connectivity index (χ4v) is 2.12. The van der Waals surface area contributed by atoms with Gasteiger partial charge in [-0.2, -0.15) is 0 Å². The third-order valence-corrected chi connectivity index (χ3v) is 3.63. The van der Waals surface area contributed by atoms with E-state index in [1.165, 1.54) is 0 Å². The summed E-state index contributed by atoms with van der Waals surface area (Å²) in [7, 11) is 0. The van der Waals surface area contributed by atoms with Crippen molar-refractivity contribution in [2.24, 2.45) is 5.73 Å². The van der Waals surface area contributed by atoms with Crippen molar-refractivity contribution in [3.8, 4) is 5.75 Å². The van der Waals surface area contributed by atoms with Gasteiger partial charge in [-0.05, 0) is 31.4 Å². The van der Waals surface area contributed by atoms with Crippen LogP contribution in [0.15, 0.2) is 18.2 Å². The van der Waals surface area contributed by atoms with Gasteiger partial charge in [-0.15, -0.1) is 0 Å². The van der Waals surface area contributed by atoms with Crippen LogP contribution in [0.4, 0.5) is 0 Å². The SMILES string of the molecule is CCCCNC(=O)COc1cccc(Cl)c1CC(N)CC. The lowest BCUT2D eigenvalue weighted by Gasteiger charge is -2.15. The average molecular weight is 313 g/mol. The Balaban J connectivity index is 2.61. The van der Waals surface area contributed by atoms with Gasteiger partial charge in [0.2, 0.25) is 0 Å². The van der Waals surface area contributed by atoms with Crippen LogP contribution in [0.5, 0.6) is 5.75 Å². The quantitative estimate of drug-likeness (QED) is 0.689. The summed E-state index contributed by atoms with van der Waals surface area (Å²) in [6.45, 7) is 4.79. The molecule has 118 valence electrons. The van der Waals surface area contributed by atoms with E-state index in [1.54, 1.807) is 0 Å². The second-order valence-corrected chi connectivity index (χ2v) is 5.49. The zero-order chi connectivity index (χ0) is 15.7. The number of unbranched alkanes of at least 4 members (excludes halogenated alkanes) is 1. The van der Waals surface area contributed by atoms with Gasteiger partial charge in [0.1, 0.15) is 5.75 Å². The van der Waals surface area contributed by atoms with Gasteiger partial charge >= 0.3 is 0 Å². The van der Waals surface area contributed by atoms with Gasteiger partial charge in [-0.25, -0.2) is 0 Å². The summed E-state index contributed by atoms with van der Waals surface area (Å²) in [6.07, 6.45) is 3.53. The molecule has 0 spiro atoms. The molecule has 0 bridgehead atoms. The standard InChI is InChI=1S/C16H25ClN2O2/c1-3-5-9-19-16(20)11-21-15-8-6-7-14(17)13(15)10-12(18)4-2/h6-8,12H,3-5,9-11,18H2,1-2H3,(H,19,20). The third-order valence-electron chi connectivity index (χ3n) is 3.28. The molecular weight excluding hydrogens is 288 g/mol. The lowest BCUT2D eigenvalue weighted by atomic mass is 10.0. The Morgan fingerprint density at radius 3 is 2.86 bits per heavy atom.